The number of fused-ring (bicyclic) bond motifs is 1. The Bertz CT molecular complexity index is 1260. The highest BCUT2D eigenvalue weighted by atomic mass is 16.4. The smallest absolute Gasteiger partial charge is 0.349 e. The van der Waals surface area contributed by atoms with Crippen LogP contribution in [0.4, 0.5) is 0 Å². The molecule has 2 aromatic heterocycles. The predicted molar refractivity (Wildman–Crippen MR) is 107 cm³/mol. The summed E-state index contributed by atoms with van der Waals surface area (Å²) in [5, 5.41) is 5.75. The Hall–Kier alpha value is -3.42. The SMILES string of the molecule is Cc1cc(C2CCC2)oc(=O)c1C(=O)NCCn1[nH]c(=O)c2ccccc2c1=O. The number of carbonyl (C=O) groups is 1. The van der Waals surface area contributed by atoms with E-state index < -0.39 is 11.5 Å². The molecule has 0 bridgehead atoms. The number of aromatic nitrogens is 2. The van der Waals surface area contributed by atoms with Crippen LogP contribution in [0.3, 0.4) is 0 Å². The number of nitrogens with zero attached hydrogens (tertiary/aromatic N) is 1. The summed E-state index contributed by atoms with van der Waals surface area (Å²) in [5.41, 5.74) is -0.852. The molecule has 1 amide bonds. The molecule has 1 aromatic carbocycles. The molecule has 3 aromatic rings. The first-order chi connectivity index (χ1) is 14.0. The number of hydrogen-bond acceptors (Lipinski definition) is 5. The van der Waals surface area contributed by atoms with Gasteiger partial charge < -0.3 is 9.73 Å². The summed E-state index contributed by atoms with van der Waals surface area (Å²) >= 11 is 0. The van der Waals surface area contributed by atoms with Crippen LogP contribution in [-0.4, -0.2) is 22.2 Å². The number of aromatic amines is 1. The molecular formula is C21H21N3O5. The van der Waals surface area contributed by atoms with Gasteiger partial charge >= 0.3 is 5.63 Å². The molecular weight excluding hydrogens is 374 g/mol. The van der Waals surface area contributed by atoms with E-state index in [1.165, 1.54) is 0 Å². The summed E-state index contributed by atoms with van der Waals surface area (Å²) < 4.78 is 6.50. The number of benzene rings is 1. The molecule has 0 atom stereocenters. The second-order valence-corrected chi connectivity index (χ2v) is 7.32. The summed E-state index contributed by atoms with van der Waals surface area (Å²) in [4.78, 5) is 49.4. The lowest BCUT2D eigenvalue weighted by Crippen LogP contribution is -2.36. The van der Waals surface area contributed by atoms with Crippen molar-refractivity contribution in [1.82, 2.24) is 15.1 Å². The molecule has 1 saturated carbocycles. The first kappa shape index (κ1) is 18.9. The molecule has 2 heterocycles. The van der Waals surface area contributed by atoms with Gasteiger partial charge in [-0.05, 0) is 43.5 Å². The Morgan fingerprint density at radius 1 is 1.21 bits per heavy atom. The number of rotatable bonds is 5. The van der Waals surface area contributed by atoms with Crippen LogP contribution >= 0.6 is 0 Å². The monoisotopic (exact) mass is 395 g/mol. The fourth-order valence-electron chi connectivity index (χ4n) is 3.57. The summed E-state index contributed by atoms with van der Waals surface area (Å²) in [5.74, 6) is 0.332. The van der Waals surface area contributed by atoms with E-state index in [9.17, 15) is 19.2 Å². The van der Waals surface area contributed by atoms with Crippen molar-refractivity contribution < 1.29 is 9.21 Å². The van der Waals surface area contributed by atoms with E-state index in [1.807, 2.05) is 0 Å². The number of carbonyl (C=O) groups excluding carboxylic acids is 1. The van der Waals surface area contributed by atoms with Crippen LogP contribution in [0.2, 0.25) is 0 Å². The Morgan fingerprint density at radius 2 is 1.93 bits per heavy atom. The van der Waals surface area contributed by atoms with Crippen LogP contribution < -0.4 is 22.1 Å². The van der Waals surface area contributed by atoms with Crippen molar-refractivity contribution in [3.8, 4) is 0 Å². The Balaban J connectivity index is 1.49. The molecule has 1 fully saturated rings. The lowest BCUT2D eigenvalue weighted by atomic mass is 9.83. The highest BCUT2D eigenvalue weighted by Crippen LogP contribution is 2.36. The van der Waals surface area contributed by atoms with E-state index in [1.54, 1.807) is 37.3 Å². The van der Waals surface area contributed by atoms with E-state index in [-0.39, 0.29) is 35.7 Å². The third kappa shape index (κ3) is 3.53. The zero-order valence-electron chi connectivity index (χ0n) is 16.0. The molecule has 8 heteroatoms. The lowest BCUT2D eigenvalue weighted by molar-refractivity contribution is 0.0946. The number of H-pyrrole nitrogens is 1. The average molecular weight is 395 g/mol. The van der Waals surface area contributed by atoms with Gasteiger partial charge in [0, 0.05) is 12.5 Å². The zero-order valence-corrected chi connectivity index (χ0v) is 16.0. The van der Waals surface area contributed by atoms with Crippen LogP contribution in [0.1, 0.15) is 46.9 Å². The van der Waals surface area contributed by atoms with Crippen LogP contribution in [-0.2, 0) is 6.54 Å². The van der Waals surface area contributed by atoms with Gasteiger partial charge in [0.2, 0.25) is 0 Å². The maximum absolute atomic E-state index is 12.5. The van der Waals surface area contributed by atoms with Gasteiger partial charge in [0.25, 0.3) is 17.0 Å². The highest BCUT2D eigenvalue weighted by Gasteiger charge is 2.25. The van der Waals surface area contributed by atoms with Gasteiger partial charge in [-0.2, -0.15) is 0 Å². The van der Waals surface area contributed by atoms with Crippen molar-refractivity contribution >= 4 is 16.7 Å². The Kier molecular flexibility index (Phi) is 4.92. The number of amides is 1. The van der Waals surface area contributed by atoms with Crippen LogP contribution in [0.15, 0.2) is 49.1 Å². The summed E-state index contributed by atoms with van der Waals surface area (Å²) in [6.07, 6.45) is 3.10. The molecule has 2 N–H and O–H groups in total. The van der Waals surface area contributed by atoms with Crippen LogP contribution in [0.25, 0.3) is 10.8 Å². The molecule has 8 nitrogen and oxygen atoms in total. The standard InChI is InChI=1S/C21H21N3O5/c1-12-11-16(13-5-4-6-13)29-21(28)17(12)19(26)22-9-10-24-20(27)15-8-3-2-7-14(15)18(25)23-24/h2-3,7-8,11,13H,4-6,9-10H2,1H3,(H,22,26)(H,23,25). The molecule has 4 rings (SSSR count). The second kappa shape index (κ2) is 7.54. The third-order valence-corrected chi connectivity index (χ3v) is 5.41. The van der Waals surface area contributed by atoms with E-state index in [0.29, 0.717) is 22.1 Å². The van der Waals surface area contributed by atoms with Gasteiger partial charge in [-0.1, -0.05) is 18.6 Å². The van der Waals surface area contributed by atoms with E-state index in [4.69, 9.17) is 4.42 Å². The van der Waals surface area contributed by atoms with Gasteiger partial charge in [-0.3, -0.25) is 19.5 Å². The quantitative estimate of drug-likeness (QED) is 0.682. The van der Waals surface area contributed by atoms with Crippen LogP contribution in [0, 0.1) is 6.92 Å². The topological polar surface area (TPSA) is 114 Å². The summed E-state index contributed by atoms with van der Waals surface area (Å²) in [6.45, 7) is 1.84. The van der Waals surface area contributed by atoms with Crippen molar-refractivity contribution in [3.05, 3.63) is 78.3 Å². The van der Waals surface area contributed by atoms with Crippen molar-refractivity contribution in [2.75, 3.05) is 6.54 Å². The Morgan fingerprint density at radius 3 is 2.59 bits per heavy atom. The summed E-state index contributed by atoms with van der Waals surface area (Å²) in [7, 11) is 0. The predicted octanol–water partition coefficient (Wildman–Crippen LogP) is 1.65. The van der Waals surface area contributed by atoms with Gasteiger partial charge in [0.15, 0.2) is 0 Å². The Labute approximate surface area is 165 Å². The van der Waals surface area contributed by atoms with Crippen LogP contribution in [0.5, 0.6) is 0 Å². The van der Waals surface area contributed by atoms with Crippen molar-refractivity contribution in [3.63, 3.8) is 0 Å². The normalized spacial score (nSPS) is 14.0. The highest BCUT2D eigenvalue weighted by molar-refractivity contribution is 5.95. The van der Waals surface area contributed by atoms with Crippen molar-refractivity contribution in [2.24, 2.45) is 0 Å². The van der Waals surface area contributed by atoms with E-state index in [2.05, 4.69) is 10.4 Å². The minimum absolute atomic E-state index is 0.0348. The van der Waals surface area contributed by atoms with Crippen molar-refractivity contribution in [2.45, 2.75) is 38.6 Å². The van der Waals surface area contributed by atoms with Gasteiger partial charge in [0.05, 0.1) is 17.3 Å². The minimum atomic E-state index is -0.652. The summed E-state index contributed by atoms with van der Waals surface area (Å²) in [6, 6.07) is 8.29. The second-order valence-electron chi connectivity index (χ2n) is 7.32. The minimum Gasteiger partial charge on any atom is -0.427 e. The molecule has 0 radical (unpaired) electrons. The fourth-order valence-corrected chi connectivity index (χ4v) is 3.57. The maximum atomic E-state index is 12.5. The van der Waals surface area contributed by atoms with Gasteiger partial charge in [0.1, 0.15) is 11.3 Å². The van der Waals surface area contributed by atoms with Gasteiger partial charge in [-0.15, -0.1) is 0 Å². The molecule has 150 valence electrons. The maximum Gasteiger partial charge on any atom is 0.349 e. The average Bonchev–Trinajstić information content (AvgIpc) is 2.64. The first-order valence-electron chi connectivity index (χ1n) is 9.60. The van der Waals surface area contributed by atoms with Crippen molar-refractivity contribution in [1.29, 1.82) is 0 Å². The number of nitrogens with one attached hydrogen (secondary N) is 2. The molecule has 0 saturated heterocycles. The number of aryl methyl sites for hydroxylation is 1. The lowest BCUT2D eigenvalue weighted by Gasteiger charge is -2.24. The van der Waals surface area contributed by atoms with E-state index in [0.717, 1.165) is 23.9 Å². The number of hydrogen-bond donors (Lipinski definition) is 2. The largest absolute Gasteiger partial charge is 0.427 e. The first-order valence-corrected chi connectivity index (χ1v) is 9.60. The molecule has 1 aliphatic carbocycles. The van der Waals surface area contributed by atoms with E-state index >= 15 is 0 Å². The molecule has 0 unspecified atom stereocenters. The zero-order chi connectivity index (χ0) is 20.5. The molecule has 1 aliphatic rings. The third-order valence-electron chi connectivity index (χ3n) is 5.41. The fraction of sp³-hybridized carbons (Fsp3) is 0.333. The molecule has 0 aliphatic heterocycles. The van der Waals surface area contributed by atoms with Gasteiger partial charge in [-0.25, -0.2) is 9.48 Å². The molecule has 0 spiro atoms. The molecule has 29 heavy (non-hydrogen) atoms.